The minimum Gasteiger partial charge on any atom is -0.481 e. The topological polar surface area (TPSA) is 57.6 Å². The van der Waals surface area contributed by atoms with Gasteiger partial charge in [-0.05, 0) is 26.3 Å². The van der Waals surface area contributed by atoms with Gasteiger partial charge in [0.2, 0.25) is 5.91 Å². The van der Waals surface area contributed by atoms with Crippen molar-refractivity contribution in [1.29, 1.82) is 0 Å². The summed E-state index contributed by atoms with van der Waals surface area (Å²) in [6.07, 6.45) is 0.301. The number of aliphatic carboxylic acids is 1. The maximum Gasteiger partial charge on any atom is 0.305 e. The van der Waals surface area contributed by atoms with E-state index in [0.29, 0.717) is 6.42 Å². The lowest BCUT2D eigenvalue weighted by Gasteiger charge is -2.26. The molecule has 0 spiro atoms. The third-order valence-electron chi connectivity index (χ3n) is 2.99. The van der Waals surface area contributed by atoms with Gasteiger partial charge in [-0.15, -0.1) is 0 Å². The Hall–Kier alpha value is -1.84. The van der Waals surface area contributed by atoms with E-state index in [0.717, 1.165) is 11.1 Å². The smallest absolute Gasteiger partial charge is 0.305 e. The monoisotopic (exact) mass is 263 g/mol. The SMILES string of the molecule is Cc1ccc(CC(=O)N(CCC(=O)O)C(C)C)cc1. The Labute approximate surface area is 114 Å². The van der Waals surface area contributed by atoms with Crippen LogP contribution in [0, 0.1) is 6.92 Å². The summed E-state index contributed by atoms with van der Waals surface area (Å²) in [6.45, 7) is 6.06. The molecule has 1 rings (SSSR count). The molecule has 4 nitrogen and oxygen atoms in total. The molecular formula is C15H21NO3. The van der Waals surface area contributed by atoms with Crippen molar-refractivity contribution in [3.8, 4) is 0 Å². The van der Waals surface area contributed by atoms with Crippen molar-refractivity contribution >= 4 is 11.9 Å². The number of benzene rings is 1. The third-order valence-corrected chi connectivity index (χ3v) is 2.99. The van der Waals surface area contributed by atoms with Gasteiger partial charge in [-0.25, -0.2) is 0 Å². The van der Waals surface area contributed by atoms with E-state index in [2.05, 4.69) is 0 Å². The van der Waals surface area contributed by atoms with Crippen LogP contribution in [0.2, 0.25) is 0 Å². The van der Waals surface area contributed by atoms with Crippen LogP contribution < -0.4 is 0 Å². The molecule has 4 heteroatoms. The molecule has 1 amide bonds. The number of rotatable bonds is 6. The van der Waals surface area contributed by atoms with E-state index in [9.17, 15) is 9.59 Å². The van der Waals surface area contributed by atoms with Crippen molar-refractivity contribution in [3.63, 3.8) is 0 Å². The molecule has 0 saturated heterocycles. The predicted octanol–water partition coefficient (Wildman–Crippen LogP) is 2.25. The first-order valence-electron chi connectivity index (χ1n) is 6.47. The highest BCUT2D eigenvalue weighted by atomic mass is 16.4. The maximum absolute atomic E-state index is 12.2. The van der Waals surface area contributed by atoms with Crippen molar-refractivity contribution < 1.29 is 14.7 Å². The number of carbonyl (C=O) groups excluding carboxylic acids is 1. The lowest BCUT2D eigenvalue weighted by Crippen LogP contribution is -2.39. The summed E-state index contributed by atoms with van der Waals surface area (Å²) < 4.78 is 0. The first kappa shape index (κ1) is 15.2. The lowest BCUT2D eigenvalue weighted by molar-refractivity contribution is -0.139. The average molecular weight is 263 g/mol. The first-order valence-corrected chi connectivity index (χ1v) is 6.47. The van der Waals surface area contributed by atoms with Gasteiger partial charge in [-0.3, -0.25) is 9.59 Å². The van der Waals surface area contributed by atoms with Crippen LogP contribution in [0.25, 0.3) is 0 Å². The summed E-state index contributed by atoms with van der Waals surface area (Å²) in [5, 5.41) is 8.71. The fourth-order valence-corrected chi connectivity index (χ4v) is 1.87. The van der Waals surface area contributed by atoms with Gasteiger partial charge in [-0.1, -0.05) is 29.8 Å². The molecule has 0 aliphatic carbocycles. The van der Waals surface area contributed by atoms with E-state index in [1.807, 2.05) is 45.0 Å². The van der Waals surface area contributed by atoms with Gasteiger partial charge in [-0.2, -0.15) is 0 Å². The maximum atomic E-state index is 12.2. The van der Waals surface area contributed by atoms with Gasteiger partial charge >= 0.3 is 5.97 Å². The van der Waals surface area contributed by atoms with E-state index < -0.39 is 5.97 Å². The second-order valence-corrected chi connectivity index (χ2v) is 4.99. The fourth-order valence-electron chi connectivity index (χ4n) is 1.87. The van der Waals surface area contributed by atoms with Crippen LogP contribution in [0.5, 0.6) is 0 Å². The summed E-state index contributed by atoms with van der Waals surface area (Å²) in [5.74, 6) is -0.908. The lowest BCUT2D eigenvalue weighted by atomic mass is 10.1. The highest BCUT2D eigenvalue weighted by molar-refractivity contribution is 5.79. The Morgan fingerprint density at radius 1 is 1.21 bits per heavy atom. The Morgan fingerprint density at radius 2 is 1.79 bits per heavy atom. The molecule has 0 radical (unpaired) electrons. The van der Waals surface area contributed by atoms with E-state index in [1.54, 1.807) is 4.90 Å². The molecule has 0 aliphatic rings. The number of hydrogen-bond acceptors (Lipinski definition) is 2. The number of amides is 1. The number of carboxylic acid groups (broad SMARTS) is 1. The number of aryl methyl sites for hydroxylation is 1. The van der Waals surface area contributed by atoms with Crippen molar-refractivity contribution in [3.05, 3.63) is 35.4 Å². The molecular weight excluding hydrogens is 242 g/mol. The number of hydrogen-bond donors (Lipinski definition) is 1. The number of carbonyl (C=O) groups is 2. The van der Waals surface area contributed by atoms with Gasteiger partial charge in [0, 0.05) is 12.6 Å². The molecule has 0 unspecified atom stereocenters. The first-order chi connectivity index (χ1) is 8.90. The third kappa shape index (κ3) is 5.12. The second-order valence-electron chi connectivity index (χ2n) is 4.99. The van der Waals surface area contributed by atoms with Gasteiger partial charge in [0.25, 0.3) is 0 Å². The normalized spacial score (nSPS) is 10.5. The van der Waals surface area contributed by atoms with Crippen molar-refractivity contribution in [1.82, 2.24) is 4.90 Å². The van der Waals surface area contributed by atoms with Gasteiger partial charge in [0.05, 0.1) is 12.8 Å². The zero-order valence-corrected chi connectivity index (χ0v) is 11.7. The number of nitrogens with zero attached hydrogens (tertiary/aromatic N) is 1. The van der Waals surface area contributed by atoms with Crippen molar-refractivity contribution in [2.45, 2.75) is 39.7 Å². The molecule has 0 heterocycles. The Kier molecular flexibility index (Phi) is 5.55. The van der Waals surface area contributed by atoms with Crippen molar-refractivity contribution in [2.75, 3.05) is 6.54 Å². The van der Waals surface area contributed by atoms with Crippen LogP contribution in [-0.2, 0) is 16.0 Å². The summed E-state index contributed by atoms with van der Waals surface area (Å²) in [7, 11) is 0. The molecule has 0 aromatic heterocycles. The average Bonchev–Trinajstić information content (AvgIpc) is 2.31. The highest BCUT2D eigenvalue weighted by Gasteiger charge is 2.18. The van der Waals surface area contributed by atoms with E-state index in [4.69, 9.17) is 5.11 Å². The van der Waals surface area contributed by atoms with E-state index in [1.165, 1.54) is 0 Å². The fraction of sp³-hybridized carbons (Fsp3) is 0.467. The standard InChI is InChI=1S/C15H21NO3/c1-11(2)16(9-8-15(18)19)14(17)10-13-6-4-12(3)5-7-13/h4-7,11H,8-10H2,1-3H3,(H,18,19). The van der Waals surface area contributed by atoms with E-state index >= 15 is 0 Å². The summed E-state index contributed by atoms with van der Waals surface area (Å²) >= 11 is 0. The minimum atomic E-state index is -0.881. The zero-order valence-electron chi connectivity index (χ0n) is 11.7. The largest absolute Gasteiger partial charge is 0.481 e. The predicted molar refractivity (Wildman–Crippen MR) is 74.0 cm³/mol. The summed E-state index contributed by atoms with van der Waals surface area (Å²) in [6, 6.07) is 7.82. The molecule has 0 saturated carbocycles. The molecule has 1 aromatic carbocycles. The van der Waals surface area contributed by atoms with Crippen LogP contribution in [0.4, 0.5) is 0 Å². The molecule has 19 heavy (non-hydrogen) atoms. The van der Waals surface area contributed by atoms with Gasteiger partial charge < -0.3 is 10.0 Å². The quantitative estimate of drug-likeness (QED) is 0.856. The van der Waals surface area contributed by atoms with Gasteiger partial charge in [0.1, 0.15) is 0 Å². The highest BCUT2D eigenvalue weighted by Crippen LogP contribution is 2.08. The molecule has 1 aromatic rings. The molecule has 0 bridgehead atoms. The minimum absolute atomic E-state index is 0.0114. The molecule has 1 N–H and O–H groups in total. The van der Waals surface area contributed by atoms with Crippen LogP contribution in [-0.4, -0.2) is 34.5 Å². The molecule has 0 aliphatic heterocycles. The second kappa shape index (κ2) is 6.92. The number of carboxylic acids is 1. The summed E-state index contributed by atoms with van der Waals surface area (Å²) in [4.78, 5) is 24.4. The van der Waals surface area contributed by atoms with E-state index in [-0.39, 0.29) is 24.9 Å². The molecule has 0 fully saturated rings. The Morgan fingerprint density at radius 3 is 2.26 bits per heavy atom. The summed E-state index contributed by atoms with van der Waals surface area (Å²) in [5.41, 5.74) is 2.11. The van der Waals surface area contributed by atoms with Crippen molar-refractivity contribution in [2.24, 2.45) is 0 Å². The van der Waals surface area contributed by atoms with Crippen LogP contribution in [0.3, 0.4) is 0 Å². The van der Waals surface area contributed by atoms with Crippen LogP contribution >= 0.6 is 0 Å². The zero-order chi connectivity index (χ0) is 14.4. The molecule has 0 atom stereocenters. The van der Waals surface area contributed by atoms with Gasteiger partial charge in [0.15, 0.2) is 0 Å². The van der Waals surface area contributed by atoms with Crippen LogP contribution in [0.1, 0.15) is 31.4 Å². The molecule has 104 valence electrons. The Bertz CT molecular complexity index is 437. The Balaban J connectivity index is 2.66. The van der Waals surface area contributed by atoms with Crippen LogP contribution in [0.15, 0.2) is 24.3 Å².